The summed E-state index contributed by atoms with van der Waals surface area (Å²) in [6.45, 7) is 0. The van der Waals surface area contributed by atoms with E-state index in [-0.39, 0.29) is 0 Å². The topological polar surface area (TPSA) is 23.5 Å². The molecule has 1 heterocycles. The Kier molecular flexibility index (Phi) is 4.17. The van der Waals surface area contributed by atoms with Crippen molar-refractivity contribution in [2.24, 2.45) is 0 Å². The third-order valence-electron chi connectivity index (χ3n) is 5.35. The van der Waals surface area contributed by atoms with Gasteiger partial charge < -0.3 is 5.11 Å². The fraction of sp³-hybridized carbons (Fsp3) is 0.0370. The molecule has 0 fully saturated rings. The van der Waals surface area contributed by atoms with Crippen molar-refractivity contribution in [3.05, 3.63) is 131 Å². The van der Waals surface area contributed by atoms with E-state index in [2.05, 4.69) is 12.0 Å². The molecule has 0 bridgehead atoms. The van der Waals surface area contributed by atoms with Gasteiger partial charge in [0.05, 0.1) is 11.4 Å². The smallest absolute Gasteiger partial charge is 0.144 e. The van der Waals surface area contributed by atoms with Crippen LogP contribution in [-0.4, -0.2) is 5.11 Å². The fourth-order valence-corrected chi connectivity index (χ4v) is 3.98. The summed E-state index contributed by atoms with van der Waals surface area (Å²) in [4.78, 5) is 1.98. The van der Waals surface area contributed by atoms with Crippen molar-refractivity contribution in [2.45, 2.75) is 5.60 Å². The highest BCUT2D eigenvalue weighted by molar-refractivity contribution is 5.82. The highest BCUT2D eigenvalue weighted by Crippen LogP contribution is 2.50. The van der Waals surface area contributed by atoms with Crippen molar-refractivity contribution >= 4 is 11.4 Å². The van der Waals surface area contributed by atoms with Crippen molar-refractivity contribution in [2.75, 3.05) is 4.90 Å². The van der Waals surface area contributed by atoms with Crippen molar-refractivity contribution in [3.63, 3.8) is 0 Å². The number of hydrogen-bond donors (Lipinski definition) is 1. The number of aliphatic hydroxyl groups is 1. The lowest BCUT2D eigenvalue weighted by Gasteiger charge is -2.40. The number of fused-ring (bicyclic) bond motifs is 2. The summed E-state index contributed by atoms with van der Waals surface area (Å²) in [5.41, 5.74) is 3.99. The highest BCUT2D eigenvalue weighted by Gasteiger charge is 2.42. The Labute approximate surface area is 170 Å². The lowest BCUT2D eigenvalue weighted by Crippen LogP contribution is -2.36. The predicted octanol–water partition coefficient (Wildman–Crippen LogP) is 5.43. The van der Waals surface area contributed by atoms with Gasteiger partial charge in [-0.2, -0.15) is 0 Å². The fourth-order valence-electron chi connectivity index (χ4n) is 3.98. The molecule has 5 rings (SSSR count). The number of hydrogen-bond acceptors (Lipinski definition) is 2. The van der Waals surface area contributed by atoms with Gasteiger partial charge in [0.15, 0.2) is 0 Å². The Morgan fingerprint density at radius 3 is 1.66 bits per heavy atom. The van der Waals surface area contributed by atoms with Crippen molar-refractivity contribution < 1.29 is 5.11 Å². The molecule has 138 valence electrons. The van der Waals surface area contributed by atoms with Gasteiger partial charge in [-0.1, -0.05) is 84.9 Å². The van der Waals surface area contributed by atoms with Gasteiger partial charge in [-0.15, -0.1) is 0 Å². The Morgan fingerprint density at radius 1 is 0.586 bits per heavy atom. The Bertz CT molecular complexity index is 1170. The van der Waals surface area contributed by atoms with Crippen LogP contribution in [-0.2, 0) is 5.60 Å². The van der Waals surface area contributed by atoms with Gasteiger partial charge in [0, 0.05) is 22.7 Å². The standard InChI is InChI=1S/C27H19NO/c29-27(22-13-5-2-6-14-22)23-15-7-9-17-25(23)28(26-18-10-8-16-24(26)27)20-19-21-11-3-1-4-12-21/h1-18,29H. The molecule has 2 nitrogen and oxygen atoms in total. The average Bonchev–Trinajstić information content (AvgIpc) is 2.80. The molecule has 0 aliphatic carbocycles. The van der Waals surface area contributed by atoms with E-state index in [1.165, 1.54) is 0 Å². The van der Waals surface area contributed by atoms with Crippen LogP contribution in [0, 0.1) is 12.0 Å². The molecule has 1 aliphatic rings. The summed E-state index contributed by atoms with van der Waals surface area (Å²) in [6, 6.07) is 38.9. The molecule has 0 atom stereocenters. The number of anilines is 2. The second kappa shape index (κ2) is 6.98. The zero-order valence-corrected chi connectivity index (χ0v) is 15.8. The van der Waals surface area contributed by atoms with Gasteiger partial charge in [-0.25, -0.2) is 0 Å². The summed E-state index contributed by atoms with van der Waals surface area (Å²) in [7, 11) is 0. The molecular formula is C27H19NO. The van der Waals surface area contributed by atoms with Crippen LogP contribution in [0.3, 0.4) is 0 Å². The molecule has 0 amide bonds. The summed E-state index contributed by atoms with van der Waals surface area (Å²) in [5.74, 6) is 3.26. The maximum atomic E-state index is 12.1. The first-order valence-corrected chi connectivity index (χ1v) is 9.62. The number of para-hydroxylation sites is 2. The van der Waals surface area contributed by atoms with E-state index >= 15 is 0 Å². The largest absolute Gasteiger partial charge is 0.376 e. The predicted molar refractivity (Wildman–Crippen MR) is 117 cm³/mol. The monoisotopic (exact) mass is 373 g/mol. The maximum Gasteiger partial charge on any atom is 0.144 e. The van der Waals surface area contributed by atoms with Gasteiger partial charge in [0.2, 0.25) is 0 Å². The Hall–Kier alpha value is -3.80. The number of nitrogens with zero attached hydrogens (tertiary/aromatic N) is 1. The van der Waals surface area contributed by atoms with Crippen LogP contribution in [0.1, 0.15) is 22.3 Å². The van der Waals surface area contributed by atoms with Crippen LogP contribution in [0.4, 0.5) is 11.4 Å². The average molecular weight is 373 g/mol. The first-order chi connectivity index (χ1) is 14.3. The normalized spacial score (nSPS) is 13.6. The second-order valence-electron chi connectivity index (χ2n) is 7.05. The van der Waals surface area contributed by atoms with Gasteiger partial charge in [-0.05, 0) is 35.7 Å². The van der Waals surface area contributed by atoms with Crippen molar-refractivity contribution in [1.82, 2.24) is 0 Å². The third-order valence-corrected chi connectivity index (χ3v) is 5.35. The van der Waals surface area contributed by atoms with Crippen LogP contribution >= 0.6 is 0 Å². The summed E-state index contributed by atoms with van der Waals surface area (Å²) >= 11 is 0. The van der Waals surface area contributed by atoms with Gasteiger partial charge >= 0.3 is 0 Å². The molecule has 1 N–H and O–H groups in total. The molecule has 0 radical (unpaired) electrons. The number of rotatable bonds is 1. The maximum absolute atomic E-state index is 12.1. The molecule has 2 heteroatoms. The first kappa shape index (κ1) is 17.3. The molecule has 4 aromatic rings. The number of benzene rings is 4. The molecule has 0 saturated heterocycles. The quantitative estimate of drug-likeness (QED) is 0.450. The zero-order valence-electron chi connectivity index (χ0n) is 15.8. The Balaban J connectivity index is 1.76. The van der Waals surface area contributed by atoms with Crippen LogP contribution in [0.15, 0.2) is 109 Å². The first-order valence-electron chi connectivity index (χ1n) is 9.62. The van der Waals surface area contributed by atoms with E-state index < -0.39 is 5.60 Å². The highest BCUT2D eigenvalue weighted by atomic mass is 16.3. The minimum atomic E-state index is -1.24. The summed E-state index contributed by atoms with van der Waals surface area (Å²) < 4.78 is 0. The van der Waals surface area contributed by atoms with Crippen molar-refractivity contribution in [3.8, 4) is 12.0 Å². The molecule has 1 aliphatic heterocycles. The minimum Gasteiger partial charge on any atom is -0.376 e. The molecular weight excluding hydrogens is 354 g/mol. The third kappa shape index (κ3) is 2.81. The Morgan fingerprint density at radius 2 is 1.07 bits per heavy atom. The minimum absolute atomic E-state index is 0.826. The lowest BCUT2D eigenvalue weighted by atomic mass is 9.76. The molecule has 0 spiro atoms. The summed E-state index contributed by atoms with van der Waals surface area (Å²) in [6.07, 6.45) is 0. The molecule has 29 heavy (non-hydrogen) atoms. The van der Waals surface area contributed by atoms with Crippen molar-refractivity contribution in [1.29, 1.82) is 0 Å². The van der Waals surface area contributed by atoms with Gasteiger partial charge in [0.25, 0.3) is 0 Å². The lowest BCUT2D eigenvalue weighted by molar-refractivity contribution is 0.125. The van der Waals surface area contributed by atoms with E-state index in [9.17, 15) is 5.11 Å². The van der Waals surface area contributed by atoms with E-state index in [1.807, 2.05) is 114 Å². The SMILES string of the molecule is OC1(c2ccccc2)c2ccccc2N(C#Cc2ccccc2)c2ccccc21. The van der Waals surface area contributed by atoms with Crippen LogP contribution < -0.4 is 4.90 Å². The van der Waals surface area contributed by atoms with E-state index in [1.54, 1.807) is 0 Å². The van der Waals surface area contributed by atoms with Gasteiger partial charge in [0.1, 0.15) is 5.60 Å². The molecule has 0 aromatic heterocycles. The molecule has 0 unspecified atom stereocenters. The summed E-state index contributed by atoms with van der Waals surface area (Å²) in [5, 5.41) is 12.1. The zero-order chi connectivity index (χ0) is 19.7. The van der Waals surface area contributed by atoms with Crippen LogP contribution in [0.25, 0.3) is 0 Å². The molecule has 4 aromatic carbocycles. The second-order valence-corrected chi connectivity index (χ2v) is 7.05. The van der Waals surface area contributed by atoms with Crippen LogP contribution in [0.5, 0.6) is 0 Å². The molecule has 0 saturated carbocycles. The van der Waals surface area contributed by atoms with E-state index in [4.69, 9.17) is 0 Å². The van der Waals surface area contributed by atoms with E-state index in [0.29, 0.717) is 0 Å². The van der Waals surface area contributed by atoms with Crippen LogP contribution in [0.2, 0.25) is 0 Å². The van der Waals surface area contributed by atoms with E-state index in [0.717, 1.165) is 33.6 Å². The van der Waals surface area contributed by atoms with Gasteiger partial charge in [-0.3, -0.25) is 4.90 Å².